The molecule has 0 unspecified atom stereocenters. The average Bonchev–Trinajstić information content (AvgIpc) is 1.88. The summed E-state index contributed by atoms with van der Waals surface area (Å²) in [5.74, 6) is 0. The Kier molecular flexibility index (Phi) is 26.0. The smallest absolute Gasteiger partial charge is 0.411 e. The average molecular weight is 634 g/mol. The zero-order valence-corrected chi connectivity index (χ0v) is 15.7. The fraction of sp³-hybridized carbons (Fsp3) is 0.667. The molecule has 0 radical (unpaired) electrons. The van der Waals surface area contributed by atoms with E-state index < -0.39 is 0 Å². The molecule has 0 saturated heterocycles. The molecule has 0 aromatic rings. The van der Waals surface area contributed by atoms with Crippen LogP contribution in [0.3, 0.4) is 0 Å². The first-order valence-corrected chi connectivity index (χ1v) is 4.69. The minimum atomic E-state index is 0. The minimum absolute atomic E-state index is 0. The van der Waals surface area contributed by atoms with Crippen molar-refractivity contribution in [1.82, 2.24) is 9.80 Å². The summed E-state index contributed by atoms with van der Waals surface area (Å²) >= 11 is 18.2. The summed E-state index contributed by atoms with van der Waals surface area (Å²) in [6, 6.07) is 0. The first-order chi connectivity index (χ1) is 5.29. The molecular formula is C6H12Au2N2S4. The van der Waals surface area contributed by atoms with Crippen molar-refractivity contribution in [2.45, 2.75) is 0 Å². The number of nitrogens with zero attached hydrogens (tertiary/aromatic N) is 2. The van der Waals surface area contributed by atoms with Crippen molar-refractivity contribution < 1.29 is 44.8 Å². The van der Waals surface area contributed by atoms with E-state index in [0.717, 1.165) is 0 Å². The van der Waals surface area contributed by atoms with Gasteiger partial charge in [-0.15, -0.1) is 0 Å². The van der Waals surface area contributed by atoms with Crippen molar-refractivity contribution in [2.75, 3.05) is 28.2 Å². The van der Waals surface area contributed by atoms with E-state index >= 15 is 0 Å². The third-order valence-electron chi connectivity index (χ3n) is 0.730. The Morgan fingerprint density at radius 2 is 0.857 bits per heavy atom. The summed E-state index contributed by atoms with van der Waals surface area (Å²) in [7, 11) is 7.31. The summed E-state index contributed by atoms with van der Waals surface area (Å²) < 4.78 is 1.02. The third-order valence-corrected chi connectivity index (χ3v) is 2.19. The van der Waals surface area contributed by atoms with Gasteiger partial charge in [0.1, 0.15) is 0 Å². The third kappa shape index (κ3) is 23.5. The van der Waals surface area contributed by atoms with Gasteiger partial charge in [0, 0.05) is 28.2 Å². The second-order valence-corrected chi connectivity index (χ2v) is 4.38. The number of thiocarbonyl (C=S) groups is 2. The molecule has 0 saturated carbocycles. The Balaban J connectivity index is -0.0000000625. The van der Waals surface area contributed by atoms with E-state index in [-0.39, 0.29) is 44.8 Å². The molecule has 8 heteroatoms. The Morgan fingerprint density at radius 1 is 0.786 bits per heavy atom. The molecule has 92 valence electrons. The Morgan fingerprint density at radius 3 is 0.857 bits per heavy atom. The summed E-state index contributed by atoms with van der Waals surface area (Å²) in [5.41, 5.74) is 0. The molecule has 2 nitrogen and oxygen atoms in total. The van der Waals surface area contributed by atoms with Crippen molar-refractivity contribution in [1.29, 1.82) is 0 Å². The Labute approximate surface area is 139 Å². The van der Waals surface area contributed by atoms with Gasteiger partial charge >= 0.3 is 44.8 Å². The molecule has 0 aliphatic heterocycles. The fourth-order valence-electron chi connectivity index (χ4n) is 0. The zero-order valence-electron chi connectivity index (χ0n) is 8.13. The van der Waals surface area contributed by atoms with E-state index in [2.05, 4.69) is 49.7 Å². The monoisotopic (exact) mass is 634 g/mol. The van der Waals surface area contributed by atoms with E-state index in [1.165, 1.54) is 0 Å². The molecule has 0 N–H and O–H groups in total. The van der Waals surface area contributed by atoms with Crippen LogP contribution in [0.25, 0.3) is 0 Å². The molecule has 0 aliphatic rings. The van der Waals surface area contributed by atoms with E-state index in [1.54, 1.807) is 9.80 Å². The normalized spacial score (nSPS) is 6.57. The molecule has 0 aromatic carbocycles. The first-order valence-electron chi connectivity index (χ1n) is 3.05. The van der Waals surface area contributed by atoms with Gasteiger partial charge in [-0.05, 0) is 0 Å². The van der Waals surface area contributed by atoms with Gasteiger partial charge in [0.2, 0.25) is 0 Å². The van der Waals surface area contributed by atoms with Gasteiger partial charge in [0.25, 0.3) is 0 Å². The van der Waals surface area contributed by atoms with Crippen LogP contribution in [0.1, 0.15) is 0 Å². The van der Waals surface area contributed by atoms with Crippen LogP contribution in [0, 0.1) is 0 Å². The molecule has 14 heavy (non-hydrogen) atoms. The van der Waals surface area contributed by atoms with Gasteiger partial charge in [-0.1, -0.05) is 8.64 Å². The van der Waals surface area contributed by atoms with Crippen LogP contribution < -0.4 is 0 Å². The van der Waals surface area contributed by atoms with Crippen molar-refractivity contribution >= 4 is 58.3 Å². The molecule has 0 amide bonds. The Bertz CT molecular complexity index is 146. The van der Waals surface area contributed by atoms with E-state index in [0.29, 0.717) is 8.64 Å². The molecule has 0 atom stereocenters. The summed E-state index contributed by atoms with van der Waals surface area (Å²) in [6.07, 6.45) is 0. The van der Waals surface area contributed by atoms with Gasteiger partial charge in [-0.3, -0.25) is 0 Å². The molecule has 0 spiro atoms. The maximum Gasteiger partial charge on any atom is 1.00 e. The van der Waals surface area contributed by atoms with Gasteiger partial charge in [0.15, 0.2) is 0 Å². The molecule has 0 aliphatic carbocycles. The number of hydrogen-bond donors (Lipinski definition) is 0. The molecule has 0 bridgehead atoms. The number of hydrogen-bond acceptors (Lipinski definition) is 4. The molecule has 0 fully saturated rings. The second-order valence-electron chi connectivity index (χ2n) is 2.32. The van der Waals surface area contributed by atoms with Gasteiger partial charge in [-0.2, -0.15) is 0 Å². The van der Waals surface area contributed by atoms with Crippen molar-refractivity contribution in [2.24, 2.45) is 0 Å². The quantitative estimate of drug-likeness (QED) is 0.219. The maximum absolute atomic E-state index is 4.56. The predicted octanol–water partition coefficient (Wildman–Crippen LogP) is 0.755. The first kappa shape index (κ1) is 24.8. The summed E-state index contributed by atoms with van der Waals surface area (Å²) in [5, 5.41) is 0. The Hall–Kier alpha value is 1.70. The molecular weight excluding hydrogens is 622 g/mol. The van der Waals surface area contributed by atoms with E-state index in [9.17, 15) is 0 Å². The van der Waals surface area contributed by atoms with Crippen LogP contribution in [-0.4, -0.2) is 46.6 Å². The standard InChI is InChI=1S/2C3H7NS2.2Au/c2*1-4(2)3(5)6;;/h2*1-2H3,(H,5,6);;/q;;2*+1/p-2. The fourth-order valence-corrected chi connectivity index (χ4v) is 0. The largest absolute Gasteiger partial charge is 1.00 e. The minimum Gasteiger partial charge on any atom is -0.411 e. The summed E-state index contributed by atoms with van der Waals surface area (Å²) in [4.78, 5) is 3.43. The molecule has 0 aromatic heterocycles. The molecule has 0 heterocycles. The topological polar surface area (TPSA) is 6.48 Å². The van der Waals surface area contributed by atoms with Crippen LogP contribution in [0.5, 0.6) is 0 Å². The van der Waals surface area contributed by atoms with Crippen LogP contribution in [0.15, 0.2) is 0 Å². The zero-order chi connectivity index (χ0) is 10.3. The SMILES string of the molecule is CN(C)C(=S)[S-].CN(C)C(=S)[S-].[Au+].[Au+]. The van der Waals surface area contributed by atoms with Crippen LogP contribution in [-0.2, 0) is 70.0 Å². The van der Waals surface area contributed by atoms with E-state index in [1.807, 2.05) is 28.2 Å². The van der Waals surface area contributed by atoms with Crippen LogP contribution in [0.4, 0.5) is 0 Å². The van der Waals surface area contributed by atoms with Crippen LogP contribution >= 0.6 is 24.4 Å². The predicted molar refractivity (Wildman–Crippen MR) is 67.3 cm³/mol. The van der Waals surface area contributed by atoms with Crippen LogP contribution in [0.2, 0.25) is 0 Å². The number of rotatable bonds is 0. The second kappa shape index (κ2) is 14.7. The van der Waals surface area contributed by atoms with Gasteiger partial charge < -0.3 is 59.5 Å². The maximum atomic E-state index is 4.56. The van der Waals surface area contributed by atoms with Gasteiger partial charge in [0.05, 0.1) is 0 Å². The molecule has 0 rings (SSSR count). The van der Waals surface area contributed by atoms with Crippen molar-refractivity contribution in [3.05, 3.63) is 0 Å². The summed E-state index contributed by atoms with van der Waals surface area (Å²) in [6.45, 7) is 0. The van der Waals surface area contributed by atoms with Crippen molar-refractivity contribution in [3.8, 4) is 0 Å². The van der Waals surface area contributed by atoms with E-state index in [4.69, 9.17) is 0 Å². The van der Waals surface area contributed by atoms with Gasteiger partial charge in [-0.25, -0.2) is 0 Å². The van der Waals surface area contributed by atoms with Crippen molar-refractivity contribution in [3.63, 3.8) is 0 Å².